The van der Waals surface area contributed by atoms with Crippen molar-refractivity contribution in [1.29, 1.82) is 0 Å². The van der Waals surface area contributed by atoms with Crippen LogP contribution >= 0.6 is 0 Å². The Bertz CT molecular complexity index is 332. The molecule has 0 radical (unpaired) electrons. The number of nitrogens with zero attached hydrogens (tertiary/aromatic N) is 1. The lowest BCUT2D eigenvalue weighted by molar-refractivity contribution is 0.0232. The Kier molecular flexibility index (Phi) is 7.23. The summed E-state index contributed by atoms with van der Waals surface area (Å²) in [4.78, 5) is 14.1. The highest BCUT2D eigenvalue weighted by Crippen LogP contribution is 2.28. The highest BCUT2D eigenvalue weighted by molar-refractivity contribution is 5.69. The van der Waals surface area contributed by atoms with Gasteiger partial charge < -0.3 is 15.0 Å². The van der Waals surface area contributed by atoms with Crippen LogP contribution in [0, 0.1) is 0 Å². The van der Waals surface area contributed by atoms with Gasteiger partial charge in [-0.1, -0.05) is 6.08 Å². The van der Waals surface area contributed by atoms with Crippen LogP contribution in [0.15, 0.2) is 12.7 Å². The van der Waals surface area contributed by atoms with Gasteiger partial charge >= 0.3 is 6.09 Å². The summed E-state index contributed by atoms with van der Waals surface area (Å²) >= 11 is 0. The molecule has 4 heteroatoms. The van der Waals surface area contributed by atoms with Gasteiger partial charge in [-0.15, -0.1) is 6.58 Å². The molecule has 0 heterocycles. The molecule has 0 aromatic rings. The molecule has 1 aliphatic rings. The maximum Gasteiger partial charge on any atom is 0.410 e. The molecule has 0 spiro atoms. The maximum atomic E-state index is 12.2. The van der Waals surface area contributed by atoms with Gasteiger partial charge in [-0.05, 0) is 66.3 Å². The lowest BCUT2D eigenvalue weighted by Gasteiger charge is -2.27. The second-order valence-corrected chi connectivity index (χ2v) is 6.98. The molecule has 21 heavy (non-hydrogen) atoms. The van der Waals surface area contributed by atoms with E-state index >= 15 is 0 Å². The van der Waals surface area contributed by atoms with Gasteiger partial charge in [0.15, 0.2) is 0 Å². The van der Waals surface area contributed by atoms with Crippen LogP contribution in [0.3, 0.4) is 0 Å². The summed E-state index contributed by atoms with van der Waals surface area (Å²) in [6.07, 6.45) is 7.14. The largest absolute Gasteiger partial charge is 0.444 e. The first-order valence-corrected chi connectivity index (χ1v) is 8.17. The van der Waals surface area contributed by atoms with E-state index < -0.39 is 5.60 Å². The Morgan fingerprint density at radius 3 is 2.67 bits per heavy atom. The molecular formula is C17H32N2O2. The van der Waals surface area contributed by atoms with Crippen LogP contribution in [-0.2, 0) is 4.74 Å². The van der Waals surface area contributed by atoms with E-state index in [0.717, 1.165) is 45.2 Å². The van der Waals surface area contributed by atoms with E-state index in [1.165, 1.54) is 0 Å². The summed E-state index contributed by atoms with van der Waals surface area (Å²) in [5, 5.41) is 3.49. The highest BCUT2D eigenvalue weighted by Gasteiger charge is 2.34. The van der Waals surface area contributed by atoms with Crippen LogP contribution in [0.5, 0.6) is 0 Å². The summed E-state index contributed by atoms with van der Waals surface area (Å²) < 4.78 is 5.49. The molecule has 0 saturated heterocycles. The number of allylic oxidation sites excluding steroid dienone is 1. The maximum absolute atomic E-state index is 12.2. The molecule has 0 aromatic carbocycles. The van der Waals surface area contributed by atoms with Crippen LogP contribution in [0.4, 0.5) is 4.79 Å². The highest BCUT2D eigenvalue weighted by atomic mass is 16.6. The van der Waals surface area contributed by atoms with Crippen molar-refractivity contribution in [3.8, 4) is 0 Å². The SMILES string of the molecule is C=CCCC(C)NCCCN(C(=O)OC(C)(C)C)C1CC1. The summed E-state index contributed by atoms with van der Waals surface area (Å²) in [5.41, 5.74) is -0.415. The number of hydrogen-bond acceptors (Lipinski definition) is 3. The van der Waals surface area contributed by atoms with Gasteiger partial charge in [-0.25, -0.2) is 4.79 Å². The minimum absolute atomic E-state index is 0.162. The van der Waals surface area contributed by atoms with Gasteiger partial charge in [0.2, 0.25) is 0 Å². The number of carbonyl (C=O) groups excluding carboxylic acids is 1. The lowest BCUT2D eigenvalue weighted by Crippen LogP contribution is -2.40. The number of rotatable bonds is 9. The van der Waals surface area contributed by atoms with E-state index in [9.17, 15) is 4.79 Å². The van der Waals surface area contributed by atoms with E-state index in [0.29, 0.717) is 12.1 Å². The van der Waals surface area contributed by atoms with Crippen molar-refractivity contribution in [2.24, 2.45) is 0 Å². The molecule has 1 saturated carbocycles. The zero-order valence-corrected chi connectivity index (χ0v) is 14.2. The van der Waals surface area contributed by atoms with Crippen LogP contribution in [0.1, 0.15) is 59.8 Å². The second kappa shape index (κ2) is 8.42. The molecule has 1 N–H and O–H groups in total. The Morgan fingerprint density at radius 2 is 2.14 bits per heavy atom. The van der Waals surface area contributed by atoms with Gasteiger partial charge in [0, 0.05) is 18.6 Å². The monoisotopic (exact) mass is 296 g/mol. The van der Waals surface area contributed by atoms with Crippen molar-refractivity contribution < 1.29 is 9.53 Å². The van der Waals surface area contributed by atoms with Crippen LogP contribution in [0.25, 0.3) is 0 Å². The third-order valence-electron chi connectivity index (χ3n) is 3.49. The molecule has 0 bridgehead atoms. The normalized spacial score (nSPS) is 16.4. The minimum atomic E-state index is -0.415. The number of ether oxygens (including phenoxy) is 1. The molecule has 1 unspecified atom stereocenters. The average molecular weight is 296 g/mol. The zero-order chi connectivity index (χ0) is 15.9. The minimum Gasteiger partial charge on any atom is -0.444 e. The van der Waals surface area contributed by atoms with Gasteiger partial charge in [0.25, 0.3) is 0 Å². The van der Waals surface area contributed by atoms with Gasteiger partial charge in [-0.3, -0.25) is 0 Å². The number of amides is 1. The number of nitrogens with one attached hydrogen (secondary N) is 1. The number of carbonyl (C=O) groups is 1. The van der Waals surface area contributed by atoms with E-state index in [4.69, 9.17) is 4.74 Å². The fourth-order valence-corrected chi connectivity index (χ4v) is 2.20. The van der Waals surface area contributed by atoms with E-state index in [-0.39, 0.29) is 6.09 Å². The number of hydrogen-bond donors (Lipinski definition) is 1. The van der Waals surface area contributed by atoms with Crippen molar-refractivity contribution in [3.63, 3.8) is 0 Å². The van der Waals surface area contributed by atoms with Crippen molar-refractivity contribution in [2.45, 2.75) is 77.5 Å². The molecule has 1 fully saturated rings. The zero-order valence-electron chi connectivity index (χ0n) is 14.2. The van der Waals surface area contributed by atoms with Crippen molar-refractivity contribution in [1.82, 2.24) is 10.2 Å². The first-order valence-electron chi connectivity index (χ1n) is 8.17. The molecule has 0 aromatic heterocycles. The lowest BCUT2D eigenvalue weighted by atomic mass is 10.2. The van der Waals surface area contributed by atoms with E-state index in [1.54, 1.807) is 0 Å². The molecule has 1 amide bonds. The van der Waals surface area contributed by atoms with Crippen LogP contribution in [-0.4, -0.2) is 41.8 Å². The van der Waals surface area contributed by atoms with E-state index in [2.05, 4.69) is 18.8 Å². The molecule has 122 valence electrons. The first kappa shape index (κ1) is 18.0. The summed E-state index contributed by atoms with van der Waals surface area (Å²) in [5.74, 6) is 0. The van der Waals surface area contributed by atoms with Crippen LogP contribution < -0.4 is 5.32 Å². The summed E-state index contributed by atoms with van der Waals surface area (Å²) in [6, 6.07) is 0.900. The molecule has 4 nitrogen and oxygen atoms in total. The van der Waals surface area contributed by atoms with Crippen LogP contribution in [0.2, 0.25) is 0 Å². The Labute approximate surface area is 129 Å². The average Bonchev–Trinajstić information content (AvgIpc) is 3.18. The van der Waals surface area contributed by atoms with Crippen molar-refractivity contribution >= 4 is 6.09 Å². The van der Waals surface area contributed by atoms with Gasteiger partial charge in [0.05, 0.1) is 0 Å². The van der Waals surface area contributed by atoms with Crippen molar-refractivity contribution in [3.05, 3.63) is 12.7 Å². The molecule has 1 atom stereocenters. The second-order valence-electron chi connectivity index (χ2n) is 6.98. The topological polar surface area (TPSA) is 41.6 Å². The van der Waals surface area contributed by atoms with Gasteiger partial charge in [0.1, 0.15) is 5.60 Å². The fourth-order valence-electron chi connectivity index (χ4n) is 2.20. The Hall–Kier alpha value is -1.03. The predicted octanol–water partition coefficient (Wildman–Crippen LogP) is 3.72. The van der Waals surface area contributed by atoms with Gasteiger partial charge in [-0.2, -0.15) is 0 Å². The standard InChI is InChI=1S/C17H32N2O2/c1-6-7-9-14(2)18-12-8-13-19(15-10-11-15)16(20)21-17(3,4)5/h6,14-15,18H,1,7-13H2,2-5H3. The third-order valence-corrected chi connectivity index (χ3v) is 3.49. The third kappa shape index (κ3) is 8.10. The van der Waals surface area contributed by atoms with E-state index in [1.807, 2.05) is 31.7 Å². The predicted molar refractivity (Wildman–Crippen MR) is 87.5 cm³/mol. The summed E-state index contributed by atoms with van der Waals surface area (Å²) in [7, 11) is 0. The Balaban J connectivity index is 2.26. The molecular weight excluding hydrogens is 264 g/mol. The molecule has 1 aliphatic carbocycles. The first-order chi connectivity index (χ1) is 9.83. The quantitative estimate of drug-likeness (QED) is 0.521. The summed E-state index contributed by atoms with van der Waals surface area (Å²) in [6.45, 7) is 13.4. The van der Waals surface area contributed by atoms with Crippen molar-refractivity contribution in [2.75, 3.05) is 13.1 Å². The Morgan fingerprint density at radius 1 is 1.48 bits per heavy atom. The smallest absolute Gasteiger partial charge is 0.410 e. The fraction of sp³-hybridized carbons (Fsp3) is 0.824. The molecule has 1 rings (SSSR count). The molecule has 0 aliphatic heterocycles.